The van der Waals surface area contributed by atoms with E-state index in [9.17, 15) is 4.79 Å². The number of benzene rings is 1. The van der Waals surface area contributed by atoms with Crippen molar-refractivity contribution in [1.82, 2.24) is 20.1 Å². The van der Waals surface area contributed by atoms with Gasteiger partial charge in [0.1, 0.15) is 5.82 Å². The van der Waals surface area contributed by atoms with Crippen LogP contribution in [0.15, 0.2) is 23.4 Å². The third kappa shape index (κ3) is 4.25. The highest BCUT2D eigenvalue weighted by molar-refractivity contribution is 7.99. The smallest absolute Gasteiger partial charge is 0.230 e. The average Bonchev–Trinajstić information content (AvgIpc) is 3.41. The van der Waals surface area contributed by atoms with E-state index in [0.29, 0.717) is 29.7 Å². The van der Waals surface area contributed by atoms with Gasteiger partial charge in [0.15, 0.2) is 16.7 Å². The highest BCUT2D eigenvalue weighted by Gasteiger charge is 2.29. The van der Waals surface area contributed by atoms with E-state index in [-0.39, 0.29) is 5.91 Å². The van der Waals surface area contributed by atoms with Crippen molar-refractivity contribution in [1.29, 1.82) is 0 Å². The molecule has 0 bridgehead atoms. The molecule has 1 aliphatic carbocycles. The van der Waals surface area contributed by atoms with E-state index in [2.05, 4.69) is 15.5 Å². The van der Waals surface area contributed by atoms with Crippen LogP contribution >= 0.6 is 11.8 Å². The van der Waals surface area contributed by atoms with Crippen molar-refractivity contribution in [2.75, 3.05) is 20.0 Å². The Bertz CT molecular complexity index is 758. The lowest BCUT2D eigenvalue weighted by Gasteiger charge is -2.10. The van der Waals surface area contributed by atoms with Crippen LogP contribution in [0.5, 0.6) is 11.5 Å². The second-order valence-electron chi connectivity index (χ2n) is 5.93. The van der Waals surface area contributed by atoms with Gasteiger partial charge in [0.05, 0.1) is 20.0 Å². The molecular formula is C17H22N4O3S. The molecule has 1 amide bonds. The summed E-state index contributed by atoms with van der Waals surface area (Å²) in [6.45, 7) is 0.436. The zero-order chi connectivity index (χ0) is 17.8. The van der Waals surface area contributed by atoms with Crippen molar-refractivity contribution in [3.05, 3.63) is 29.6 Å². The number of methoxy groups -OCH3 is 2. The highest BCUT2D eigenvalue weighted by Crippen LogP contribution is 2.39. The number of nitrogens with zero attached hydrogens (tertiary/aromatic N) is 3. The Balaban J connectivity index is 1.49. The largest absolute Gasteiger partial charge is 0.493 e. The lowest BCUT2D eigenvalue weighted by Crippen LogP contribution is -2.24. The molecule has 1 fully saturated rings. The van der Waals surface area contributed by atoms with Crippen LogP contribution in [-0.4, -0.2) is 40.6 Å². The van der Waals surface area contributed by atoms with Crippen LogP contribution in [0.2, 0.25) is 0 Å². The maximum Gasteiger partial charge on any atom is 0.230 e. The number of ether oxygens (including phenoxy) is 2. The predicted octanol–water partition coefficient (Wildman–Crippen LogP) is 2.12. The minimum atomic E-state index is -0.0456. The standard InChI is InChI=1S/C17H22N4O3S/c1-21-16(12-5-6-12)19-20-17(21)25-10-15(22)18-9-11-4-7-13(23-2)14(8-11)24-3/h4,7-8,12H,5-6,9-10H2,1-3H3,(H,18,22). The van der Waals surface area contributed by atoms with Gasteiger partial charge in [-0.15, -0.1) is 10.2 Å². The summed E-state index contributed by atoms with van der Waals surface area (Å²) in [5, 5.41) is 12.1. The van der Waals surface area contributed by atoms with Crippen LogP contribution in [-0.2, 0) is 18.4 Å². The van der Waals surface area contributed by atoms with E-state index in [1.165, 1.54) is 24.6 Å². The van der Waals surface area contributed by atoms with Crippen LogP contribution in [0.3, 0.4) is 0 Å². The maximum atomic E-state index is 12.1. The molecule has 1 aromatic heterocycles. The van der Waals surface area contributed by atoms with E-state index in [1.807, 2.05) is 29.8 Å². The Hall–Kier alpha value is -2.22. The molecule has 1 saturated carbocycles. The molecular weight excluding hydrogens is 340 g/mol. The van der Waals surface area contributed by atoms with Crippen molar-refractivity contribution in [2.45, 2.75) is 30.5 Å². The second kappa shape index (κ2) is 7.77. The van der Waals surface area contributed by atoms with E-state index < -0.39 is 0 Å². The highest BCUT2D eigenvalue weighted by atomic mass is 32.2. The van der Waals surface area contributed by atoms with Gasteiger partial charge in [-0.05, 0) is 30.5 Å². The summed E-state index contributed by atoms with van der Waals surface area (Å²) in [4.78, 5) is 12.1. The molecule has 1 N–H and O–H groups in total. The number of aromatic nitrogens is 3. The monoisotopic (exact) mass is 362 g/mol. The number of nitrogens with one attached hydrogen (secondary N) is 1. The average molecular weight is 362 g/mol. The molecule has 1 aliphatic rings. The zero-order valence-corrected chi connectivity index (χ0v) is 15.4. The first kappa shape index (κ1) is 17.6. The molecule has 2 aromatic rings. The molecule has 134 valence electrons. The fraction of sp³-hybridized carbons (Fsp3) is 0.471. The van der Waals surface area contributed by atoms with E-state index in [1.54, 1.807) is 14.2 Å². The molecule has 0 unspecified atom stereocenters. The zero-order valence-electron chi connectivity index (χ0n) is 14.6. The lowest BCUT2D eigenvalue weighted by molar-refractivity contribution is -0.118. The van der Waals surface area contributed by atoms with Crippen molar-refractivity contribution in [3.8, 4) is 11.5 Å². The number of carbonyl (C=O) groups excluding carboxylic acids is 1. The second-order valence-corrected chi connectivity index (χ2v) is 6.87. The number of rotatable bonds is 8. The van der Waals surface area contributed by atoms with Crippen LogP contribution in [0, 0.1) is 0 Å². The summed E-state index contributed by atoms with van der Waals surface area (Å²) in [6, 6.07) is 5.59. The van der Waals surface area contributed by atoms with E-state index >= 15 is 0 Å². The summed E-state index contributed by atoms with van der Waals surface area (Å²) < 4.78 is 12.5. The van der Waals surface area contributed by atoms with Gasteiger partial charge in [0, 0.05) is 19.5 Å². The van der Waals surface area contributed by atoms with Crippen LogP contribution in [0.1, 0.15) is 30.1 Å². The third-order valence-corrected chi connectivity index (χ3v) is 5.10. The van der Waals surface area contributed by atoms with Gasteiger partial charge in [0.25, 0.3) is 0 Å². The Kier molecular flexibility index (Phi) is 5.47. The fourth-order valence-corrected chi connectivity index (χ4v) is 3.27. The molecule has 3 rings (SSSR count). The normalized spacial score (nSPS) is 13.6. The van der Waals surface area contributed by atoms with Gasteiger partial charge >= 0.3 is 0 Å². The number of carbonyl (C=O) groups is 1. The van der Waals surface area contributed by atoms with Crippen molar-refractivity contribution in [3.63, 3.8) is 0 Å². The first-order valence-corrected chi connectivity index (χ1v) is 9.10. The molecule has 7 nitrogen and oxygen atoms in total. The molecule has 8 heteroatoms. The van der Waals surface area contributed by atoms with E-state index in [0.717, 1.165) is 16.5 Å². The molecule has 1 aromatic carbocycles. The number of hydrogen-bond acceptors (Lipinski definition) is 6. The molecule has 0 radical (unpaired) electrons. The van der Waals surface area contributed by atoms with Crippen LogP contribution in [0.25, 0.3) is 0 Å². The van der Waals surface area contributed by atoms with Crippen molar-refractivity contribution < 1.29 is 14.3 Å². The van der Waals surface area contributed by atoms with Gasteiger partial charge in [0.2, 0.25) is 5.91 Å². The molecule has 0 saturated heterocycles. The van der Waals surface area contributed by atoms with Gasteiger partial charge in [-0.25, -0.2) is 0 Å². The van der Waals surface area contributed by atoms with Crippen LogP contribution < -0.4 is 14.8 Å². The van der Waals surface area contributed by atoms with Gasteiger partial charge in [-0.3, -0.25) is 4.79 Å². The van der Waals surface area contributed by atoms with Crippen LogP contribution in [0.4, 0.5) is 0 Å². The first-order valence-electron chi connectivity index (χ1n) is 8.12. The quantitative estimate of drug-likeness (QED) is 0.725. The molecule has 1 heterocycles. The maximum absolute atomic E-state index is 12.1. The lowest BCUT2D eigenvalue weighted by atomic mass is 10.2. The summed E-state index contributed by atoms with van der Waals surface area (Å²) in [7, 11) is 5.14. The van der Waals surface area contributed by atoms with Crippen molar-refractivity contribution in [2.24, 2.45) is 7.05 Å². The molecule has 0 aliphatic heterocycles. The minimum Gasteiger partial charge on any atom is -0.493 e. The van der Waals surface area contributed by atoms with Gasteiger partial charge in [-0.1, -0.05) is 17.8 Å². The molecule has 25 heavy (non-hydrogen) atoms. The molecule has 0 atom stereocenters. The fourth-order valence-electron chi connectivity index (χ4n) is 2.52. The summed E-state index contributed by atoms with van der Waals surface area (Å²) in [5.74, 6) is 3.15. The summed E-state index contributed by atoms with van der Waals surface area (Å²) in [6.07, 6.45) is 2.37. The number of hydrogen-bond donors (Lipinski definition) is 1. The van der Waals surface area contributed by atoms with Gasteiger partial charge < -0.3 is 19.4 Å². The van der Waals surface area contributed by atoms with E-state index in [4.69, 9.17) is 9.47 Å². The van der Waals surface area contributed by atoms with Gasteiger partial charge in [-0.2, -0.15) is 0 Å². The number of thioether (sulfide) groups is 1. The van der Waals surface area contributed by atoms with Crippen molar-refractivity contribution >= 4 is 17.7 Å². The Morgan fingerprint density at radius 1 is 1.28 bits per heavy atom. The molecule has 0 spiro atoms. The Morgan fingerprint density at radius 3 is 2.72 bits per heavy atom. The number of amides is 1. The first-order chi connectivity index (χ1) is 12.1. The topological polar surface area (TPSA) is 78.3 Å². The minimum absolute atomic E-state index is 0.0456. The third-order valence-electron chi connectivity index (χ3n) is 4.08. The Labute approximate surface area is 151 Å². The Morgan fingerprint density at radius 2 is 2.04 bits per heavy atom. The SMILES string of the molecule is COc1ccc(CNC(=O)CSc2nnc(C3CC3)n2C)cc1OC. The predicted molar refractivity (Wildman–Crippen MR) is 95.1 cm³/mol. The summed E-state index contributed by atoms with van der Waals surface area (Å²) >= 11 is 1.40. The summed E-state index contributed by atoms with van der Waals surface area (Å²) in [5.41, 5.74) is 0.950.